The Morgan fingerprint density at radius 3 is 2.48 bits per heavy atom. The third kappa shape index (κ3) is 7.46. The van der Waals surface area contributed by atoms with Gasteiger partial charge in [0.2, 0.25) is 0 Å². The molecule has 0 atom stereocenters. The van der Waals surface area contributed by atoms with Crippen LogP contribution in [-0.4, -0.2) is 32.3 Å². The topological polar surface area (TPSA) is 56.8 Å². The Labute approximate surface area is 184 Å². The van der Waals surface area contributed by atoms with E-state index in [2.05, 4.69) is 17.4 Å². The van der Waals surface area contributed by atoms with Crippen molar-refractivity contribution in [2.24, 2.45) is 0 Å². The molecule has 3 aromatic carbocycles. The number of rotatable bonds is 12. The molecular weight excluding hydrogens is 390 g/mol. The fourth-order valence-electron chi connectivity index (χ4n) is 3.11. The lowest BCUT2D eigenvalue weighted by molar-refractivity contribution is 0.0998. The molecule has 0 heterocycles. The first kappa shape index (κ1) is 22.4. The number of nitrogens with one attached hydrogen (secondary N) is 1. The van der Waals surface area contributed by atoms with Gasteiger partial charge in [-0.1, -0.05) is 48.5 Å². The van der Waals surface area contributed by atoms with Gasteiger partial charge in [0.15, 0.2) is 0 Å². The van der Waals surface area contributed by atoms with E-state index in [1.165, 1.54) is 5.56 Å². The maximum Gasteiger partial charge on any atom is 0.259 e. The summed E-state index contributed by atoms with van der Waals surface area (Å²) in [5, 5.41) is 2.93. The van der Waals surface area contributed by atoms with Crippen LogP contribution in [0.4, 0.5) is 5.69 Å². The number of hydrogen-bond acceptors (Lipinski definition) is 4. The van der Waals surface area contributed by atoms with Gasteiger partial charge in [0.1, 0.15) is 18.1 Å². The van der Waals surface area contributed by atoms with Crippen LogP contribution in [0.15, 0.2) is 78.9 Å². The molecule has 5 heteroatoms. The fourth-order valence-corrected chi connectivity index (χ4v) is 3.11. The number of carbonyl (C=O) groups excluding carboxylic acids is 1. The Balaban J connectivity index is 1.52. The minimum Gasteiger partial charge on any atom is -0.494 e. The molecular formula is C26H29NO4. The summed E-state index contributed by atoms with van der Waals surface area (Å²) in [5.74, 6) is 1.04. The molecule has 1 N–H and O–H groups in total. The Bertz CT molecular complexity index is 943. The first-order chi connectivity index (χ1) is 15.3. The van der Waals surface area contributed by atoms with Gasteiger partial charge in [-0.2, -0.15) is 0 Å². The van der Waals surface area contributed by atoms with Crippen molar-refractivity contribution in [3.8, 4) is 11.5 Å². The summed E-state index contributed by atoms with van der Waals surface area (Å²) in [4.78, 5) is 12.8. The summed E-state index contributed by atoms with van der Waals surface area (Å²) in [7, 11) is 0. The van der Waals surface area contributed by atoms with Gasteiger partial charge < -0.3 is 19.5 Å². The third-order valence-corrected chi connectivity index (χ3v) is 4.63. The van der Waals surface area contributed by atoms with Gasteiger partial charge in [0.05, 0.1) is 18.8 Å². The summed E-state index contributed by atoms with van der Waals surface area (Å²) in [6.45, 7) is 4.06. The minimum absolute atomic E-state index is 0.228. The van der Waals surface area contributed by atoms with Crippen LogP contribution >= 0.6 is 0 Å². The second-order valence-electron chi connectivity index (χ2n) is 6.96. The van der Waals surface area contributed by atoms with Crippen LogP contribution in [0.5, 0.6) is 11.5 Å². The van der Waals surface area contributed by atoms with Crippen molar-refractivity contribution in [1.82, 2.24) is 0 Å². The second-order valence-corrected chi connectivity index (χ2v) is 6.96. The van der Waals surface area contributed by atoms with Crippen molar-refractivity contribution in [1.29, 1.82) is 0 Å². The number of anilines is 1. The van der Waals surface area contributed by atoms with Crippen molar-refractivity contribution in [2.45, 2.75) is 19.8 Å². The molecule has 5 nitrogen and oxygen atoms in total. The van der Waals surface area contributed by atoms with E-state index in [1.807, 2.05) is 61.5 Å². The lowest BCUT2D eigenvalue weighted by atomic mass is 10.1. The van der Waals surface area contributed by atoms with Gasteiger partial charge in [-0.3, -0.25) is 4.79 Å². The smallest absolute Gasteiger partial charge is 0.259 e. The predicted molar refractivity (Wildman–Crippen MR) is 123 cm³/mol. The molecule has 0 aromatic heterocycles. The molecule has 3 rings (SSSR count). The Hall–Kier alpha value is -3.31. The van der Waals surface area contributed by atoms with Crippen LogP contribution in [0.2, 0.25) is 0 Å². The van der Waals surface area contributed by atoms with E-state index in [1.54, 1.807) is 12.1 Å². The molecule has 3 aromatic rings. The molecule has 0 aliphatic heterocycles. The molecule has 0 saturated carbocycles. The second kappa shape index (κ2) is 12.4. The standard InChI is InChI=1S/C26H29NO4/c1-2-29-18-19-31-25-16-7-6-15-24(25)26(28)27-22-13-8-14-23(20-22)30-17-9-12-21-10-4-3-5-11-21/h3-8,10-11,13-16,20H,2,9,12,17-19H2,1H3,(H,27,28). The summed E-state index contributed by atoms with van der Waals surface area (Å²) in [5.41, 5.74) is 2.46. The normalized spacial score (nSPS) is 10.5. The number of ether oxygens (including phenoxy) is 3. The molecule has 0 fully saturated rings. The average Bonchev–Trinajstić information content (AvgIpc) is 2.81. The predicted octanol–water partition coefficient (Wildman–Crippen LogP) is 5.37. The Morgan fingerprint density at radius 1 is 0.839 bits per heavy atom. The van der Waals surface area contributed by atoms with Crippen molar-refractivity contribution in [3.63, 3.8) is 0 Å². The van der Waals surface area contributed by atoms with Gasteiger partial charge in [-0.05, 0) is 49.6 Å². The van der Waals surface area contributed by atoms with E-state index >= 15 is 0 Å². The molecule has 0 radical (unpaired) electrons. The molecule has 0 bridgehead atoms. The fraction of sp³-hybridized carbons (Fsp3) is 0.269. The highest BCUT2D eigenvalue weighted by molar-refractivity contribution is 6.06. The molecule has 0 saturated heterocycles. The molecule has 0 unspecified atom stereocenters. The highest BCUT2D eigenvalue weighted by Gasteiger charge is 2.12. The van der Waals surface area contributed by atoms with Crippen LogP contribution in [-0.2, 0) is 11.2 Å². The van der Waals surface area contributed by atoms with Crippen LogP contribution < -0.4 is 14.8 Å². The molecule has 31 heavy (non-hydrogen) atoms. The maximum absolute atomic E-state index is 12.8. The third-order valence-electron chi connectivity index (χ3n) is 4.63. The zero-order valence-corrected chi connectivity index (χ0v) is 17.9. The number of carbonyl (C=O) groups is 1. The quantitative estimate of drug-likeness (QED) is 0.401. The molecule has 162 valence electrons. The SMILES string of the molecule is CCOCCOc1ccccc1C(=O)Nc1cccc(OCCCc2ccccc2)c1. The zero-order chi connectivity index (χ0) is 21.7. The van der Waals surface area contributed by atoms with Crippen LogP contribution in [0.1, 0.15) is 29.3 Å². The van der Waals surface area contributed by atoms with Crippen molar-refractivity contribution in [2.75, 3.05) is 31.7 Å². The maximum atomic E-state index is 12.8. The van der Waals surface area contributed by atoms with E-state index in [0.29, 0.717) is 43.4 Å². The number of benzene rings is 3. The minimum atomic E-state index is -0.228. The Kier molecular flexibility index (Phi) is 8.95. The number of aryl methyl sites for hydroxylation is 1. The first-order valence-corrected chi connectivity index (χ1v) is 10.6. The lowest BCUT2D eigenvalue weighted by Gasteiger charge is -2.12. The van der Waals surface area contributed by atoms with Crippen LogP contribution in [0, 0.1) is 0 Å². The average molecular weight is 420 g/mol. The highest BCUT2D eigenvalue weighted by atomic mass is 16.5. The highest BCUT2D eigenvalue weighted by Crippen LogP contribution is 2.22. The monoisotopic (exact) mass is 419 g/mol. The number of amides is 1. The largest absolute Gasteiger partial charge is 0.494 e. The van der Waals surface area contributed by atoms with Gasteiger partial charge >= 0.3 is 0 Å². The molecule has 0 aliphatic rings. The van der Waals surface area contributed by atoms with Crippen molar-refractivity contribution >= 4 is 11.6 Å². The summed E-state index contributed by atoms with van der Waals surface area (Å²) in [6, 6.07) is 25.0. The Morgan fingerprint density at radius 2 is 1.65 bits per heavy atom. The lowest BCUT2D eigenvalue weighted by Crippen LogP contribution is -2.15. The summed E-state index contributed by atoms with van der Waals surface area (Å²) in [6.07, 6.45) is 1.89. The van der Waals surface area contributed by atoms with E-state index in [9.17, 15) is 4.79 Å². The van der Waals surface area contributed by atoms with Crippen molar-refractivity contribution < 1.29 is 19.0 Å². The van der Waals surface area contributed by atoms with Crippen molar-refractivity contribution in [3.05, 3.63) is 90.0 Å². The van der Waals surface area contributed by atoms with Gasteiger partial charge in [0, 0.05) is 18.4 Å². The van der Waals surface area contributed by atoms with Gasteiger partial charge in [-0.25, -0.2) is 0 Å². The zero-order valence-electron chi connectivity index (χ0n) is 17.9. The van der Waals surface area contributed by atoms with E-state index in [-0.39, 0.29) is 5.91 Å². The first-order valence-electron chi connectivity index (χ1n) is 10.6. The van der Waals surface area contributed by atoms with E-state index in [0.717, 1.165) is 18.6 Å². The summed E-state index contributed by atoms with van der Waals surface area (Å²) < 4.78 is 16.9. The number of hydrogen-bond donors (Lipinski definition) is 1. The summed E-state index contributed by atoms with van der Waals surface area (Å²) >= 11 is 0. The van der Waals surface area contributed by atoms with E-state index < -0.39 is 0 Å². The van der Waals surface area contributed by atoms with Gasteiger partial charge in [-0.15, -0.1) is 0 Å². The van der Waals surface area contributed by atoms with Crippen LogP contribution in [0.3, 0.4) is 0 Å². The van der Waals surface area contributed by atoms with Crippen LogP contribution in [0.25, 0.3) is 0 Å². The molecule has 0 spiro atoms. The number of para-hydroxylation sites is 1. The van der Waals surface area contributed by atoms with E-state index in [4.69, 9.17) is 14.2 Å². The van der Waals surface area contributed by atoms with Gasteiger partial charge in [0.25, 0.3) is 5.91 Å². The molecule has 0 aliphatic carbocycles. The molecule has 1 amide bonds.